The Kier molecular flexibility index (Phi) is 4.92. The number of hydrogen-bond donors (Lipinski definition) is 2. The van der Waals surface area contributed by atoms with Crippen LogP contribution in [0.1, 0.15) is 33.2 Å². The second-order valence-corrected chi connectivity index (χ2v) is 7.54. The van der Waals surface area contributed by atoms with E-state index in [0.29, 0.717) is 17.2 Å². The van der Waals surface area contributed by atoms with Gasteiger partial charge in [0.25, 0.3) is 0 Å². The lowest BCUT2D eigenvalue weighted by Gasteiger charge is -2.24. The van der Waals surface area contributed by atoms with Gasteiger partial charge in [0.1, 0.15) is 17.4 Å². The smallest absolute Gasteiger partial charge is 0.379 e. The number of hydrogen-bond acceptors (Lipinski definition) is 7. The average molecular weight is 438 g/mol. The van der Waals surface area contributed by atoms with E-state index in [1.54, 1.807) is 30.3 Å². The number of benzene rings is 2. The highest BCUT2D eigenvalue weighted by molar-refractivity contribution is 5.88. The molecule has 0 saturated heterocycles. The van der Waals surface area contributed by atoms with E-state index in [-0.39, 0.29) is 17.2 Å². The number of nitrogens with zero attached hydrogens (tertiary/aromatic N) is 2. The van der Waals surface area contributed by atoms with Crippen molar-refractivity contribution in [3.63, 3.8) is 0 Å². The molecule has 1 aliphatic rings. The van der Waals surface area contributed by atoms with Gasteiger partial charge in [0.05, 0.1) is 23.4 Å². The molecule has 0 saturated carbocycles. The molecule has 0 spiro atoms. The molecule has 1 aliphatic heterocycles. The summed E-state index contributed by atoms with van der Waals surface area (Å²) in [6.45, 7) is 2.01. The molecule has 1 unspecified atom stereocenters. The zero-order valence-electron chi connectivity index (χ0n) is 17.5. The molecular formula is C25H18N4O4. The summed E-state index contributed by atoms with van der Waals surface area (Å²) < 4.78 is 16.1. The molecule has 0 bridgehead atoms. The van der Waals surface area contributed by atoms with Crippen molar-refractivity contribution in [3.8, 4) is 29.0 Å². The van der Waals surface area contributed by atoms with E-state index in [0.717, 1.165) is 22.4 Å². The molecule has 4 aromatic rings. The quantitative estimate of drug-likeness (QED) is 0.357. The van der Waals surface area contributed by atoms with Gasteiger partial charge in [-0.1, -0.05) is 42.0 Å². The largest absolute Gasteiger partial charge is 0.457 e. The molecule has 0 amide bonds. The van der Waals surface area contributed by atoms with Gasteiger partial charge in [-0.25, -0.2) is 4.79 Å². The highest BCUT2D eigenvalue weighted by Crippen LogP contribution is 2.45. The van der Waals surface area contributed by atoms with E-state index in [9.17, 15) is 10.1 Å². The van der Waals surface area contributed by atoms with Crippen LogP contribution in [0, 0.1) is 18.3 Å². The fourth-order valence-electron chi connectivity index (χ4n) is 3.80. The van der Waals surface area contributed by atoms with Gasteiger partial charge in [-0.2, -0.15) is 5.26 Å². The third-order valence-electron chi connectivity index (χ3n) is 5.43. The van der Waals surface area contributed by atoms with Crippen LogP contribution in [0.15, 0.2) is 82.8 Å². The number of aromatic nitrogens is 2. The number of nitrogens with one attached hydrogen (secondary N) is 1. The van der Waals surface area contributed by atoms with E-state index in [1.165, 1.54) is 12.3 Å². The van der Waals surface area contributed by atoms with Gasteiger partial charge in [0, 0.05) is 5.56 Å². The number of nitrogens with two attached hydrogens (primary N) is 1. The topological polar surface area (TPSA) is 127 Å². The Labute approximate surface area is 188 Å². The Bertz CT molecular complexity index is 1390. The molecule has 0 fully saturated rings. The average Bonchev–Trinajstić information content (AvgIpc) is 3.50. The van der Waals surface area contributed by atoms with Crippen LogP contribution in [0.3, 0.4) is 0 Å². The maximum absolute atomic E-state index is 12.1. The molecule has 3 N–H and O–H groups in total. The van der Waals surface area contributed by atoms with Gasteiger partial charge in [-0.15, -0.1) is 5.10 Å². The Morgan fingerprint density at radius 1 is 1.15 bits per heavy atom. The first-order valence-corrected chi connectivity index (χ1v) is 10.1. The molecule has 33 heavy (non-hydrogen) atoms. The zero-order chi connectivity index (χ0) is 22.9. The molecule has 8 heteroatoms. The number of aromatic amines is 1. The van der Waals surface area contributed by atoms with Crippen LogP contribution in [0.2, 0.25) is 0 Å². The number of carbonyl (C=O) groups excluding carboxylic acids is 1. The normalized spacial score (nSPS) is 14.8. The summed E-state index contributed by atoms with van der Waals surface area (Å²) in [6, 6.07) is 20.1. The number of nitriles is 1. The van der Waals surface area contributed by atoms with Gasteiger partial charge < -0.3 is 19.6 Å². The summed E-state index contributed by atoms with van der Waals surface area (Å²) in [5.74, 6) is -0.334. The van der Waals surface area contributed by atoms with Crippen molar-refractivity contribution in [1.82, 2.24) is 10.2 Å². The lowest BCUT2D eigenvalue weighted by atomic mass is 9.83. The van der Waals surface area contributed by atoms with Crippen LogP contribution in [-0.4, -0.2) is 16.2 Å². The minimum atomic E-state index is -0.598. The molecular weight excluding hydrogens is 420 g/mol. The summed E-state index contributed by atoms with van der Waals surface area (Å²) in [5, 5.41) is 17.2. The Hall–Kier alpha value is -4.77. The van der Waals surface area contributed by atoms with Crippen molar-refractivity contribution < 1.29 is 18.7 Å². The molecule has 1 atom stereocenters. The standard InChI is InChI=1S/C25H18N4O4/c1-14-4-6-16(7-5-14)22-21-20(18(13-26)23(27)33-24(21)29-28-22)15-8-10-17(11-9-15)32-25(30)19-3-2-12-31-19/h2-12,20H,27H2,1H3,(H,28,29). The minimum absolute atomic E-state index is 0.00489. The van der Waals surface area contributed by atoms with Crippen LogP contribution < -0.4 is 15.2 Å². The molecule has 0 radical (unpaired) electrons. The summed E-state index contributed by atoms with van der Waals surface area (Å²) in [5.41, 5.74) is 10.6. The lowest BCUT2D eigenvalue weighted by molar-refractivity contribution is 0.0701. The summed E-state index contributed by atoms with van der Waals surface area (Å²) in [4.78, 5) is 12.1. The lowest BCUT2D eigenvalue weighted by Crippen LogP contribution is -2.21. The molecule has 2 aromatic heterocycles. The molecule has 2 aromatic carbocycles. The minimum Gasteiger partial charge on any atom is -0.457 e. The van der Waals surface area contributed by atoms with Gasteiger partial charge in [-0.05, 0) is 36.8 Å². The van der Waals surface area contributed by atoms with Crippen LogP contribution in [0.5, 0.6) is 11.6 Å². The van der Waals surface area contributed by atoms with Crippen LogP contribution in [0.25, 0.3) is 11.3 Å². The highest BCUT2D eigenvalue weighted by Gasteiger charge is 2.35. The van der Waals surface area contributed by atoms with E-state index >= 15 is 0 Å². The second-order valence-electron chi connectivity index (χ2n) is 7.54. The van der Waals surface area contributed by atoms with Crippen molar-refractivity contribution in [1.29, 1.82) is 5.26 Å². The van der Waals surface area contributed by atoms with Crippen molar-refractivity contribution in [2.75, 3.05) is 0 Å². The number of fused-ring (bicyclic) bond motifs is 1. The fraction of sp³-hybridized carbons (Fsp3) is 0.0800. The molecule has 5 rings (SSSR count). The maximum atomic E-state index is 12.1. The van der Waals surface area contributed by atoms with Crippen LogP contribution in [0.4, 0.5) is 0 Å². The molecule has 0 aliphatic carbocycles. The summed E-state index contributed by atoms with van der Waals surface area (Å²) >= 11 is 0. The maximum Gasteiger partial charge on any atom is 0.379 e. The Balaban J connectivity index is 1.53. The molecule has 162 valence electrons. The van der Waals surface area contributed by atoms with Crippen molar-refractivity contribution in [2.24, 2.45) is 5.73 Å². The van der Waals surface area contributed by atoms with Crippen molar-refractivity contribution >= 4 is 5.97 Å². The number of rotatable bonds is 4. The van der Waals surface area contributed by atoms with Gasteiger partial charge in [0.2, 0.25) is 17.5 Å². The molecule has 3 heterocycles. The predicted octanol–water partition coefficient (Wildman–Crippen LogP) is 4.42. The number of esters is 1. The van der Waals surface area contributed by atoms with Gasteiger partial charge >= 0.3 is 5.97 Å². The number of furan rings is 1. The number of aryl methyl sites for hydroxylation is 1. The van der Waals surface area contributed by atoms with E-state index < -0.39 is 11.9 Å². The third-order valence-corrected chi connectivity index (χ3v) is 5.43. The fourth-order valence-corrected chi connectivity index (χ4v) is 3.80. The number of ether oxygens (including phenoxy) is 2. The number of allylic oxidation sites excluding steroid dienone is 1. The van der Waals surface area contributed by atoms with E-state index in [2.05, 4.69) is 16.3 Å². The first-order valence-electron chi connectivity index (χ1n) is 10.1. The second kappa shape index (κ2) is 8.05. The number of carbonyl (C=O) groups is 1. The Morgan fingerprint density at radius 2 is 1.91 bits per heavy atom. The highest BCUT2D eigenvalue weighted by atomic mass is 16.5. The van der Waals surface area contributed by atoms with Gasteiger partial charge in [0.15, 0.2) is 0 Å². The molecule has 8 nitrogen and oxygen atoms in total. The van der Waals surface area contributed by atoms with Crippen LogP contribution >= 0.6 is 0 Å². The summed E-state index contributed by atoms with van der Waals surface area (Å²) in [7, 11) is 0. The zero-order valence-corrected chi connectivity index (χ0v) is 17.5. The first-order chi connectivity index (χ1) is 16.0. The van der Waals surface area contributed by atoms with Crippen molar-refractivity contribution in [2.45, 2.75) is 12.8 Å². The Morgan fingerprint density at radius 3 is 2.58 bits per heavy atom. The van der Waals surface area contributed by atoms with Gasteiger partial charge in [-0.3, -0.25) is 5.10 Å². The summed E-state index contributed by atoms with van der Waals surface area (Å²) in [6.07, 6.45) is 1.40. The van der Waals surface area contributed by atoms with E-state index in [4.69, 9.17) is 19.6 Å². The SMILES string of the molecule is Cc1ccc(-c2[nH]nc3c2C(c2ccc(OC(=O)c4ccco4)cc2)C(C#N)=C(N)O3)cc1. The predicted molar refractivity (Wildman–Crippen MR) is 118 cm³/mol. The monoisotopic (exact) mass is 438 g/mol. The van der Waals surface area contributed by atoms with Crippen LogP contribution in [-0.2, 0) is 0 Å². The third kappa shape index (κ3) is 3.62. The van der Waals surface area contributed by atoms with Crippen molar-refractivity contribution in [3.05, 3.63) is 101 Å². The van der Waals surface area contributed by atoms with E-state index in [1.807, 2.05) is 31.2 Å². The first kappa shape index (κ1) is 20.2. The number of H-pyrrole nitrogens is 1.